The van der Waals surface area contributed by atoms with Crippen LogP contribution in [0.25, 0.3) is 0 Å². The number of urea groups is 1. The Balaban J connectivity index is 1.98. The first-order valence-electron chi connectivity index (χ1n) is 5.97. The highest BCUT2D eigenvalue weighted by molar-refractivity contribution is 6.31. The van der Waals surface area contributed by atoms with Gasteiger partial charge in [-0.2, -0.15) is 5.10 Å². The summed E-state index contributed by atoms with van der Waals surface area (Å²) in [6.07, 6.45) is 0.837. The average molecular weight is 279 g/mol. The smallest absolute Gasteiger partial charge is 0.308 e. The van der Waals surface area contributed by atoms with Crippen molar-refractivity contribution in [2.45, 2.75) is 20.3 Å². The summed E-state index contributed by atoms with van der Waals surface area (Å²) in [5.41, 5.74) is 2.57. The quantitative estimate of drug-likeness (QED) is 0.803. The van der Waals surface area contributed by atoms with Crippen molar-refractivity contribution in [3.8, 4) is 0 Å². The number of carbonyl (C=O) groups excluding carboxylic acids is 1. The molecule has 3 N–H and O–H groups in total. The van der Waals surface area contributed by atoms with E-state index in [0.29, 0.717) is 16.5 Å². The van der Waals surface area contributed by atoms with Crippen molar-refractivity contribution in [3.63, 3.8) is 0 Å². The van der Waals surface area contributed by atoms with Crippen molar-refractivity contribution in [3.05, 3.63) is 40.5 Å². The first-order valence-corrected chi connectivity index (χ1v) is 6.34. The van der Waals surface area contributed by atoms with Crippen molar-refractivity contribution < 1.29 is 4.79 Å². The number of amides is 2. The Morgan fingerprint density at radius 2 is 2.16 bits per heavy atom. The number of H-pyrrole nitrogens is 1. The zero-order valence-corrected chi connectivity index (χ0v) is 11.5. The number of aromatic amines is 1. The minimum Gasteiger partial charge on any atom is -0.308 e. The van der Waals surface area contributed by atoms with Crippen LogP contribution in [0.2, 0.25) is 5.02 Å². The third kappa shape index (κ3) is 3.48. The minimum atomic E-state index is -0.353. The second-order valence-corrected chi connectivity index (χ2v) is 4.58. The van der Waals surface area contributed by atoms with Crippen molar-refractivity contribution in [2.24, 2.45) is 0 Å². The average Bonchev–Trinajstić information content (AvgIpc) is 2.81. The lowest BCUT2D eigenvalue weighted by Crippen LogP contribution is -2.19. The van der Waals surface area contributed by atoms with Gasteiger partial charge in [0.15, 0.2) is 5.82 Å². The summed E-state index contributed by atoms with van der Waals surface area (Å²) in [5.74, 6) is 0.493. The molecule has 0 fully saturated rings. The highest BCUT2D eigenvalue weighted by atomic mass is 35.5. The van der Waals surface area contributed by atoms with Gasteiger partial charge in [0.05, 0.1) is 0 Å². The Labute approximate surface area is 116 Å². The summed E-state index contributed by atoms with van der Waals surface area (Å²) in [5, 5.41) is 12.8. The predicted octanol–water partition coefficient (Wildman–Crippen LogP) is 3.58. The Morgan fingerprint density at radius 3 is 2.79 bits per heavy atom. The van der Waals surface area contributed by atoms with Crippen LogP contribution in [0.5, 0.6) is 0 Å². The van der Waals surface area contributed by atoms with Gasteiger partial charge in [-0.25, -0.2) is 4.79 Å². The van der Waals surface area contributed by atoms with E-state index in [4.69, 9.17) is 11.6 Å². The molecule has 0 bridgehead atoms. The van der Waals surface area contributed by atoms with E-state index < -0.39 is 0 Å². The molecule has 1 heterocycles. The lowest BCUT2D eigenvalue weighted by Gasteiger charge is -2.06. The van der Waals surface area contributed by atoms with Crippen LogP contribution in [0, 0.1) is 6.92 Å². The molecule has 1 aromatic heterocycles. The lowest BCUT2D eigenvalue weighted by atomic mass is 10.2. The van der Waals surface area contributed by atoms with E-state index in [1.54, 1.807) is 18.2 Å². The van der Waals surface area contributed by atoms with Crippen LogP contribution in [-0.4, -0.2) is 16.2 Å². The van der Waals surface area contributed by atoms with E-state index in [0.717, 1.165) is 17.7 Å². The fourth-order valence-corrected chi connectivity index (χ4v) is 1.74. The zero-order valence-electron chi connectivity index (χ0n) is 10.7. The molecule has 0 aliphatic carbocycles. The molecule has 100 valence electrons. The van der Waals surface area contributed by atoms with Crippen molar-refractivity contribution in [1.29, 1.82) is 0 Å². The van der Waals surface area contributed by atoms with Crippen LogP contribution in [-0.2, 0) is 6.42 Å². The highest BCUT2D eigenvalue weighted by Crippen LogP contribution is 2.20. The number of aromatic nitrogens is 2. The molecule has 2 amide bonds. The molecule has 19 heavy (non-hydrogen) atoms. The molecule has 0 aliphatic rings. The van der Waals surface area contributed by atoms with Crippen LogP contribution in [0.3, 0.4) is 0 Å². The van der Waals surface area contributed by atoms with Gasteiger partial charge in [0.2, 0.25) is 0 Å². The number of rotatable bonds is 3. The van der Waals surface area contributed by atoms with Gasteiger partial charge in [0, 0.05) is 22.5 Å². The fourth-order valence-electron chi connectivity index (χ4n) is 1.56. The molecule has 0 unspecified atom stereocenters. The number of nitrogens with zero attached hydrogens (tertiary/aromatic N) is 1. The third-order valence-electron chi connectivity index (χ3n) is 2.68. The van der Waals surface area contributed by atoms with Crippen LogP contribution >= 0.6 is 11.6 Å². The second-order valence-electron chi connectivity index (χ2n) is 4.18. The van der Waals surface area contributed by atoms with Crippen molar-refractivity contribution >= 4 is 29.1 Å². The van der Waals surface area contributed by atoms with Crippen molar-refractivity contribution in [1.82, 2.24) is 10.2 Å². The van der Waals surface area contributed by atoms with E-state index in [-0.39, 0.29) is 6.03 Å². The predicted molar refractivity (Wildman–Crippen MR) is 76.8 cm³/mol. The summed E-state index contributed by atoms with van der Waals surface area (Å²) in [4.78, 5) is 11.8. The van der Waals surface area contributed by atoms with E-state index in [1.165, 1.54) is 0 Å². The summed E-state index contributed by atoms with van der Waals surface area (Å²) in [6.45, 7) is 3.91. The van der Waals surface area contributed by atoms with Gasteiger partial charge >= 0.3 is 6.03 Å². The number of hydrogen-bond donors (Lipinski definition) is 3. The van der Waals surface area contributed by atoms with Crippen LogP contribution in [0.15, 0.2) is 24.3 Å². The molecule has 0 saturated heterocycles. The maximum absolute atomic E-state index is 11.8. The van der Waals surface area contributed by atoms with Crippen LogP contribution in [0.4, 0.5) is 16.3 Å². The Bertz CT molecular complexity index is 594. The lowest BCUT2D eigenvalue weighted by molar-refractivity contribution is 0.262. The largest absolute Gasteiger partial charge is 0.324 e. The summed E-state index contributed by atoms with van der Waals surface area (Å²) in [6, 6.07) is 6.79. The monoisotopic (exact) mass is 278 g/mol. The minimum absolute atomic E-state index is 0.353. The number of nitrogens with one attached hydrogen (secondary N) is 3. The molecule has 0 aliphatic heterocycles. The van der Waals surface area contributed by atoms with Gasteiger partial charge in [-0.15, -0.1) is 0 Å². The standard InChI is InChI=1S/C13H15ClN4O/c1-3-9-7-12(18-17-9)16-13(19)15-10-5-4-8(2)11(14)6-10/h4-7H,3H2,1-2H3,(H3,15,16,17,18,19). The van der Waals surface area contributed by atoms with Crippen LogP contribution in [0.1, 0.15) is 18.2 Å². The van der Waals surface area contributed by atoms with E-state index >= 15 is 0 Å². The highest BCUT2D eigenvalue weighted by Gasteiger charge is 2.06. The molecular weight excluding hydrogens is 264 g/mol. The van der Waals surface area contributed by atoms with Gasteiger partial charge in [0.25, 0.3) is 0 Å². The van der Waals surface area contributed by atoms with E-state index in [2.05, 4.69) is 20.8 Å². The fraction of sp³-hybridized carbons (Fsp3) is 0.231. The Hall–Kier alpha value is -2.01. The number of hydrogen-bond acceptors (Lipinski definition) is 2. The topological polar surface area (TPSA) is 69.8 Å². The van der Waals surface area contributed by atoms with E-state index in [9.17, 15) is 4.79 Å². The molecule has 2 aromatic rings. The van der Waals surface area contributed by atoms with Crippen molar-refractivity contribution in [2.75, 3.05) is 10.6 Å². The molecule has 0 saturated carbocycles. The van der Waals surface area contributed by atoms with E-state index in [1.807, 2.05) is 19.9 Å². The van der Waals surface area contributed by atoms with Gasteiger partial charge in [-0.05, 0) is 31.0 Å². The molecule has 6 heteroatoms. The summed E-state index contributed by atoms with van der Waals surface area (Å²) < 4.78 is 0. The normalized spacial score (nSPS) is 10.3. The van der Waals surface area contributed by atoms with Crippen LogP contribution < -0.4 is 10.6 Å². The van der Waals surface area contributed by atoms with Gasteiger partial charge in [0.1, 0.15) is 0 Å². The summed E-state index contributed by atoms with van der Waals surface area (Å²) >= 11 is 5.99. The maximum atomic E-state index is 11.8. The Kier molecular flexibility index (Phi) is 4.06. The molecular formula is C13H15ClN4O. The SMILES string of the molecule is CCc1cc(NC(=O)Nc2ccc(C)c(Cl)c2)n[nH]1. The van der Waals surface area contributed by atoms with Gasteiger partial charge in [-0.3, -0.25) is 10.4 Å². The van der Waals surface area contributed by atoms with Gasteiger partial charge < -0.3 is 5.32 Å². The molecule has 0 spiro atoms. The zero-order chi connectivity index (χ0) is 13.8. The molecule has 0 atom stereocenters. The Morgan fingerprint density at radius 1 is 1.37 bits per heavy atom. The third-order valence-corrected chi connectivity index (χ3v) is 3.09. The molecule has 0 radical (unpaired) electrons. The first kappa shape index (κ1) is 13.4. The molecule has 2 rings (SSSR count). The first-order chi connectivity index (χ1) is 9.08. The molecule has 5 nitrogen and oxygen atoms in total. The molecule has 1 aromatic carbocycles. The second kappa shape index (κ2) is 5.75. The van der Waals surface area contributed by atoms with Gasteiger partial charge in [-0.1, -0.05) is 24.6 Å². The number of benzene rings is 1. The number of carbonyl (C=O) groups is 1. The number of aryl methyl sites for hydroxylation is 2. The number of anilines is 2. The number of halogens is 1. The summed E-state index contributed by atoms with van der Waals surface area (Å²) in [7, 11) is 0. The maximum Gasteiger partial charge on any atom is 0.324 e.